The number of nitrogens with one attached hydrogen (secondary N) is 1. The first-order valence-corrected chi connectivity index (χ1v) is 6.78. The summed E-state index contributed by atoms with van der Waals surface area (Å²) in [6.45, 7) is 1.65. The third-order valence-corrected chi connectivity index (χ3v) is 3.28. The summed E-state index contributed by atoms with van der Waals surface area (Å²) in [6, 6.07) is 11.6. The number of nitrogens with zero attached hydrogens (tertiary/aromatic N) is 1. The molecule has 0 atom stereocenters. The van der Waals surface area contributed by atoms with Crippen LogP contribution in [0.5, 0.6) is 0 Å². The molecule has 2 aromatic carbocycles. The summed E-state index contributed by atoms with van der Waals surface area (Å²) in [5, 5.41) is 22.6. The van der Waals surface area contributed by atoms with Gasteiger partial charge in [-0.2, -0.15) is 0 Å². The summed E-state index contributed by atoms with van der Waals surface area (Å²) in [7, 11) is 0. The number of anilines is 1. The molecule has 0 radical (unpaired) electrons. The summed E-state index contributed by atoms with van der Waals surface area (Å²) >= 11 is 0. The standard InChI is InChI=1S/C16H16N2O4/c1-11-3-2-4-14(15(11)18(21)22)16(20)17-13-7-5-12(6-8-13)9-10-19/h2-8,19H,9-10H2,1H3,(H,17,20). The highest BCUT2D eigenvalue weighted by atomic mass is 16.6. The zero-order chi connectivity index (χ0) is 16.1. The monoisotopic (exact) mass is 300 g/mol. The molecule has 0 aliphatic heterocycles. The largest absolute Gasteiger partial charge is 0.396 e. The van der Waals surface area contributed by atoms with Crippen molar-refractivity contribution >= 4 is 17.3 Å². The average molecular weight is 300 g/mol. The van der Waals surface area contributed by atoms with Crippen LogP contribution in [0.15, 0.2) is 42.5 Å². The molecule has 2 rings (SSSR count). The molecule has 2 N–H and O–H groups in total. The molecular formula is C16H16N2O4. The van der Waals surface area contributed by atoms with E-state index in [0.29, 0.717) is 17.7 Å². The van der Waals surface area contributed by atoms with Crippen LogP contribution in [0.3, 0.4) is 0 Å². The normalized spacial score (nSPS) is 10.3. The van der Waals surface area contributed by atoms with Gasteiger partial charge in [-0.3, -0.25) is 14.9 Å². The molecule has 0 spiro atoms. The van der Waals surface area contributed by atoms with Gasteiger partial charge in [0.2, 0.25) is 0 Å². The minimum Gasteiger partial charge on any atom is -0.396 e. The fraction of sp³-hybridized carbons (Fsp3) is 0.188. The lowest BCUT2D eigenvalue weighted by Crippen LogP contribution is -2.14. The van der Waals surface area contributed by atoms with E-state index < -0.39 is 10.8 Å². The highest BCUT2D eigenvalue weighted by Gasteiger charge is 2.22. The predicted octanol–water partition coefficient (Wildman–Crippen LogP) is 2.69. The van der Waals surface area contributed by atoms with Crippen molar-refractivity contribution < 1.29 is 14.8 Å². The predicted molar refractivity (Wildman–Crippen MR) is 83.0 cm³/mol. The summed E-state index contributed by atoms with van der Waals surface area (Å²) in [6.07, 6.45) is 0.539. The first-order valence-electron chi connectivity index (χ1n) is 6.78. The number of hydrogen-bond donors (Lipinski definition) is 2. The second kappa shape index (κ2) is 6.82. The number of benzene rings is 2. The molecule has 6 nitrogen and oxygen atoms in total. The number of amides is 1. The summed E-state index contributed by atoms with van der Waals surface area (Å²) in [5.41, 5.74) is 1.78. The molecule has 0 saturated carbocycles. The third kappa shape index (κ3) is 3.48. The molecule has 0 aromatic heterocycles. The van der Waals surface area contributed by atoms with Gasteiger partial charge < -0.3 is 10.4 Å². The zero-order valence-corrected chi connectivity index (χ0v) is 12.1. The fourth-order valence-corrected chi connectivity index (χ4v) is 2.17. The number of carbonyl (C=O) groups is 1. The first kappa shape index (κ1) is 15.7. The fourth-order valence-electron chi connectivity index (χ4n) is 2.17. The quantitative estimate of drug-likeness (QED) is 0.656. The van der Waals surface area contributed by atoms with Crippen LogP contribution in [0.2, 0.25) is 0 Å². The van der Waals surface area contributed by atoms with E-state index >= 15 is 0 Å². The van der Waals surface area contributed by atoms with Gasteiger partial charge in [0.1, 0.15) is 5.56 Å². The van der Waals surface area contributed by atoms with Gasteiger partial charge in [-0.1, -0.05) is 24.3 Å². The van der Waals surface area contributed by atoms with E-state index in [2.05, 4.69) is 5.32 Å². The van der Waals surface area contributed by atoms with Crippen LogP contribution in [0.25, 0.3) is 0 Å². The number of nitro groups is 1. The van der Waals surface area contributed by atoms with Gasteiger partial charge in [-0.05, 0) is 37.1 Å². The molecule has 0 aliphatic rings. The van der Waals surface area contributed by atoms with Gasteiger partial charge in [0, 0.05) is 17.9 Å². The second-order valence-corrected chi connectivity index (χ2v) is 4.85. The first-order chi connectivity index (χ1) is 10.5. The highest BCUT2D eigenvalue weighted by Crippen LogP contribution is 2.24. The molecule has 0 unspecified atom stereocenters. The van der Waals surface area contributed by atoms with Crippen LogP contribution in [-0.4, -0.2) is 22.5 Å². The molecule has 0 aliphatic carbocycles. The summed E-state index contributed by atoms with van der Waals surface area (Å²) in [5.74, 6) is -0.523. The topological polar surface area (TPSA) is 92.5 Å². The van der Waals surface area contributed by atoms with Crippen molar-refractivity contribution in [3.05, 3.63) is 69.3 Å². The van der Waals surface area contributed by atoms with E-state index in [4.69, 9.17) is 5.11 Å². The van der Waals surface area contributed by atoms with Gasteiger partial charge in [0.15, 0.2) is 0 Å². The molecule has 22 heavy (non-hydrogen) atoms. The van der Waals surface area contributed by atoms with Crippen molar-refractivity contribution in [3.8, 4) is 0 Å². The van der Waals surface area contributed by atoms with E-state index in [0.717, 1.165) is 5.56 Å². The van der Waals surface area contributed by atoms with Crippen LogP contribution >= 0.6 is 0 Å². The Bertz CT molecular complexity index is 696. The third-order valence-electron chi connectivity index (χ3n) is 3.28. The van der Waals surface area contributed by atoms with E-state index in [1.54, 1.807) is 43.3 Å². The Morgan fingerprint density at radius 2 is 1.91 bits per heavy atom. The van der Waals surface area contributed by atoms with Crippen molar-refractivity contribution in [2.24, 2.45) is 0 Å². The van der Waals surface area contributed by atoms with Crippen molar-refractivity contribution in [2.45, 2.75) is 13.3 Å². The number of aliphatic hydroxyl groups is 1. The van der Waals surface area contributed by atoms with Crippen LogP contribution in [0.1, 0.15) is 21.5 Å². The smallest absolute Gasteiger partial charge is 0.285 e. The van der Waals surface area contributed by atoms with Gasteiger partial charge >= 0.3 is 0 Å². The lowest BCUT2D eigenvalue weighted by molar-refractivity contribution is -0.385. The van der Waals surface area contributed by atoms with Crippen LogP contribution in [0.4, 0.5) is 11.4 Å². The number of hydrogen-bond acceptors (Lipinski definition) is 4. The lowest BCUT2D eigenvalue weighted by atomic mass is 10.1. The molecule has 2 aromatic rings. The Kier molecular flexibility index (Phi) is 4.85. The molecule has 0 heterocycles. The summed E-state index contributed by atoms with van der Waals surface area (Å²) in [4.78, 5) is 22.8. The van der Waals surface area contributed by atoms with Crippen molar-refractivity contribution in [1.82, 2.24) is 0 Å². The van der Waals surface area contributed by atoms with E-state index in [1.165, 1.54) is 6.07 Å². The number of nitro benzene ring substituents is 1. The molecule has 6 heteroatoms. The maximum Gasteiger partial charge on any atom is 0.285 e. The number of para-hydroxylation sites is 1. The molecule has 1 amide bonds. The van der Waals surface area contributed by atoms with Crippen molar-refractivity contribution in [2.75, 3.05) is 11.9 Å². The minimum absolute atomic E-state index is 0.0319. The maximum atomic E-state index is 12.2. The Balaban J connectivity index is 2.22. The van der Waals surface area contributed by atoms with Gasteiger partial charge in [-0.25, -0.2) is 0 Å². The minimum atomic E-state index is -0.547. The van der Waals surface area contributed by atoms with Crippen LogP contribution in [-0.2, 0) is 6.42 Å². The molecule has 114 valence electrons. The van der Waals surface area contributed by atoms with Crippen molar-refractivity contribution in [3.63, 3.8) is 0 Å². The van der Waals surface area contributed by atoms with Crippen molar-refractivity contribution in [1.29, 1.82) is 0 Å². The SMILES string of the molecule is Cc1cccc(C(=O)Nc2ccc(CCO)cc2)c1[N+](=O)[O-]. The number of rotatable bonds is 5. The molecule has 0 fully saturated rings. The molecule has 0 saturated heterocycles. The Labute approximate surface area is 127 Å². The van der Waals surface area contributed by atoms with Gasteiger partial charge in [0.25, 0.3) is 11.6 Å². The zero-order valence-electron chi connectivity index (χ0n) is 12.1. The van der Waals surface area contributed by atoms with Crippen LogP contribution < -0.4 is 5.32 Å². The van der Waals surface area contributed by atoms with E-state index in [9.17, 15) is 14.9 Å². The Hall–Kier alpha value is -2.73. The molecular weight excluding hydrogens is 284 g/mol. The Morgan fingerprint density at radius 3 is 2.50 bits per heavy atom. The van der Waals surface area contributed by atoms with Gasteiger partial charge in [0.05, 0.1) is 4.92 Å². The van der Waals surface area contributed by atoms with E-state index in [-0.39, 0.29) is 17.9 Å². The second-order valence-electron chi connectivity index (χ2n) is 4.85. The van der Waals surface area contributed by atoms with Gasteiger partial charge in [-0.15, -0.1) is 0 Å². The lowest BCUT2D eigenvalue weighted by Gasteiger charge is -2.08. The number of carbonyl (C=O) groups excluding carboxylic acids is 1. The summed E-state index contributed by atoms with van der Waals surface area (Å²) < 4.78 is 0. The van der Waals surface area contributed by atoms with Crippen LogP contribution in [0, 0.1) is 17.0 Å². The Morgan fingerprint density at radius 1 is 1.23 bits per heavy atom. The number of aryl methyl sites for hydroxylation is 1. The number of aliphatic hydroxyl groups excluding tert-OH is 1. The maximum absolute atomic E-state index is 12.2. The highest BCUT2D eigenvalue weighted by molar-refractivity contribution is 6.07. The average Bonchev–Trinajstić information content (AvgIpc) is 2.49. The van der Waals surface area contributed by atoms with E-state index in [1.807, 2.05) is 0 Å². The molecule has 0 bridgehead atoms.